The standard InChI is InChI=1S/C12H17ClN2O/c1-5-15(4)12(16)10-7-9(13)6-8(2)11(10)14-3/h6-7,14H,5H2,1-4H3. The zero-order valence-corrected chi connectivity index (χ0v) is 10.9. The molecule has 0 aliphatic rings. The van der Waals surface area contributed by atoms with E-state index in [1.54, 1.807) is 25.1 Å². The Hall–Kier alpha value is -1.22. The van der Waals surface area contributed by atoms with Gasteiger partial charge in [-0.3, -0.25) is 4.79 Å². The van der Waals surface area contributed by atoms with E-state index in [1.807, 2.05) is 19.9 Å². The number of nitrogens with zero attached hydrogens (tertiary/aromatic N) is 1. The number of anilines is 1. The maximum Gasteiger partial charge on any atom is 0.255 e. The summed E-state index contributed by atoms with van der Waals surface area (Å²) in [6.45, 7) is 4.54. The molecule has 0 aliphatic heterocycles. The molecule has 0 unspecified atom stereocenters. The number of hydrogen-bond donors (Lipinski definition) is 1. The summed E-state index contributed by atoms with van der Waals surface area (Å²) in [6.07, 6.45) is 0. The Kier molecular flexibility index (Phi) is 4.19. The van der Waals surface area contributed by atoms with E-state index in [0.717, 1.165) is 11.3 Å². The number of carbonyl (C=O) groups excluding carboxylic acids is 1. The Morgan fingerprint density at radius 2 is 2.12 bits per heavy atom. The first-order valence-corrected chi connectivity index (χ1v) is 5.62. The Labute approximate surface area is 101 Å². The molecule has 0 spiro atoms. The van der Waals surface area contributed by atoms with Gasteiger partial charge in [-0.1, -0.05) is 11.6 Å². The summed E-state index contributed by atoms with van der Waals surface area (Å²) < 4.78 is 0. The van der Waals surface area contributed by atoms with Crippen molar-refractivity contribution in [2.75, 3.05) is 26.0 Å². The number of benzene rings is 1. The number of nitrogens with one attached hydrogen (secondary N) is 1. The maximum absolute atomic E-state index is 12.1. The summed E-state index contributed by atoms with van der Waals surface area (Å²) in [7, 11) is 3.58. The van der Waals surface area contributed by atoms with Crippen molar-refractivity contribution in [3.8, 4) is 0 Å². The molecule has 1 aromatic rings. The number of hydrogen-bond acceptors (Lipinski definition) is 2. The van der Waals surface area contributed by atoms with Crippen LogP contribution in [0.1, 0.15) is 22.8 Å². The van der Waals surface area contributed by atoms with E-state index in [4.69, 9.17) is 11.6 Å². The van der Waals surface area contributed by atoms with E-state index in [0.29, 0.717) is 17.1 Å². The van der Waals surface area contributed by atoms with Crippen LogP contribution in [0.5, 0.6) is 0 Å². The van der Waals surface area contributed by atoms with Crippen molar-refractivity contribution in [2.45, 2.75) is 13.8 Å². The molecule has 0 aromatic heterocycles. The summed E-state index contributed by atoms with van der Waals surface area (Å²) in [6, 6.07) is 3.55. The smallest absolute Gasteiger partial charge is 0.255 e. The molecule has 0 fully saturated rings. The molecule has 0 bridgehead atoms. The highest BCUT2D eigenvalue weighted by atomic mass is 35.5. The summed E-state index contributed by atoms with van der Waals surface area (Å²) in [5, 5.41) is 3.63. The van der Waals surface area contributed by atoms with Crippen molar-refractivity contribution in [1.82, 2.24) is 4.90 Å². The van der Waals surface area contributed by atoms with Gasteiger partial charge in [0.15, 0.2) is 0 Å². The number of amides is 1. The molecular weight excluding hydrogens is 224 g/mol. The van der Waals surface area contributed by atoms with Gasteiger partial charge < -0.3 is 10.2 Å². The van der Waals surface area contributed by atoms with Gasteiger partial charge in [0.2, 0.25) is 0 Å². The van der Waals surface area contributed by atoms with Gasteiger partial charge in [-0.2, -0.15) is 0 Å². The summed E-state index contributed by atoms with van der Waals surface area (Å²) in [5.41, 5.74) is 2.44. The third-order valence-corrected chi connectivity index (χ3v) is 2.82. The van der Waals surface area contributed by atoms with Gasteiger partial charge in [-0.15, -0.1) is 0 Å². The van der Waals surface area contributed by atoms with Gasteiger partial charge in [0.25, 0.3) is 5.91 Å². The predicted molar refractivity (Wildman–Crippen MR) is 68.4 cm³/mol. The number of aryl methyl sites for hydroxylation is 1. The first kappa shape index (κ1) is 12.8. The maximum atomic E-state index is 12.1. The minimum Gasteiger partial charge on any atom is -0.387 e. The van der Waals surface area contributed by atoms with Gasteiger partial charge in [-0.05, 0) is 31.5 Å². The molecule has 88 valence electrons. The molecule has 16 heavy (non-hydrogen) atoms. The number of rotatable bonds is 3. The van der Waals surface area contributed by atoms with Crippen LogP contribution in [-0.4, -0.2) is 31.4 Å². The van der Waals surface area contributed by atoms with Crippen molar-refractivity contribution >= 4 is 23.2 Å². The molecule has 1 amide bonds. The van der Waals surface area contributed by atoms with Gasteiger partial charge in [-0.25, -0.2) is 0 Å². The molecule has 0 atom stereocenters. The van der Waals surface area contributed by atoms with Gasteiger partial charge in [0, 0.05) is 31.4 Å². The van der Waals surface area contributed by atoms with Crippen LogP contribution in [0.25, 0.3) is 0 Å². The van der Waals surface area contributed by atoms with Crippen molar-refractivity contribution in [2.24, 2.45) is 0 Å². The molecule has 1 aromatic carbocycles. The fourth-order valence-corrected chi connectivity index (χ4v) is 1.87. The van der Waals surface area contributed by atoms with Crippen LogP contribution in [0.4, 0.5) is 5.69 Å². The normalized spacial score (nSPS) is 10.1. The van der Waals surface area contributed by atoms with Crippen LogP contribution >= 0.6 is 11.6 Å². The highest BCUT2D eigenvalue weighted by Crippen LogP contribution is 2.26. The van der Waals surface area contributed by atoms with E-state index >= 15 is 0 Å². The zero-order valence-electron chi connectivity index (χ0n) is 10.1. The highest BCUT2D eigenvalue weighted by Gasteiger charge is 2.16. The van der Waals surface area contributed by atoms with E-state index in [-0.39, 0.29) is 5.91 Å². The second-order valence-electron chi connectivity index (χ2n) is 3.71. The largest absolute Gasteiger partial charge is 0.387 e. The highest BCUT2D eigenvalue weighted by molar-refractivity contribution is 6.31. The van der Waals surface area contributed by atoms with Crippen LogP contribution in [-0.2, 0) is 0 Å². The number of halogens is 1. The molecule has 0 heterocycles. The molecule has 0 saturated carbocycles. The monoisotopic (exact) mass is 240 g/mol. The average Bonchev–Trinajstić information content (AvgIpc) is 2.26. The number of carbonyl (C=O) groups is 1. The lowest BCUT2D eigenvalue weighted by atomic mass is 10.1. The molecule has 4 heteroatoms. The van der Waals surface area contributed by atoms with Crippen molar-refractivity contribution in [3.63, 3.8) is 0 Å². The molecule has 1 N–H and O–H groups in total. The lowest BCUT2D eigenvalue weighted by Crippen LogP contribution is -2.27. The molecule has 1 rings (SSSR count). The van der Waals surface area contributed by atoms with Gasteiger partial charge in [0.1, 0.15) is 0 Å². The van der Waals surface area contributed by atoms with Crippen LogP contribution in [0.15, 0.2) is 12.1 Å². The second-order valence-corrected chi connectivity index (χ2v) is 4.15. The molecule has 0 aliphatic carbocycles. The summed E-state index contributed by atoms with van der Waals surface area (Å²) in [5.74, 6) is -0.0162. The van der Waals surface area contributed by atoms with Crippen molar-refractivity contribution in [3.05, 3.63) is 28.3 Å². The molecule has 0 saturated heterocycles. The van der Waals surface area contributed by atoms with Crippen molar-refractivity contribution < 1.29 is 4.79 Å². The Bertz CT molecular complexity index is 404. The van der Waals surface area contributed by atoms with Crippen LogP contribution in [0, 0.1) is 6.92 Å². The minimum absolute atomic E-state index is 0.0162. The summed E-state index contributed by atoms with van der Waals surface area (Å²) in [4.78, 5) is 13.7. The van der Waals surface area contributed by atoms with E-state index in [2.05, 4.69) is 5.32 Å². The zero-order chi connectivity index (χ0) is 12.3. The molecular formula is C12H17ClN2O. The van der Waals surface area contributed by atoms with E-state index < -0.39 is 0 Å². The Morgan fingerprint density at radius 3 is 2.62 bits per heavy atom. The minimum atomic E-state index is -0.0162. The predicted octanol–water partition coefficient (Wildman–Crippen LogP) is 2.78. The summed E-state index contributed by atoms with van der Waals surface area (Å²) >= 11 is 5.97. The first-order chi connectivity index (χ1) is 7.51. The lowest BCUT2D eigenvalue weighted by molar-refractivity contribution is 0.0803. The van der Waals surface area contributed by atoms with E-state index in [9.17, 15) is 4.79 Å². The topological polar surface area (TPSA) is 32.3 Å². The van der Waals surface area contributed by atoms with Crippen LogP contribution in [0.3, 0.4) is 0 Å². The Balaban J connectivity index is 3.26. The second kappa shape index (κ2) is 5.21. The fourth-order valence-electron chi connectivity index (χ4n) is 1.59. The van der Waals surface area contributed by atoms with Crippen molar-refractivity contribution in [1.29, 1.82) is 0 Å². The Morgan fingerprint density at radius 1 is 1.50 bits per heavy atom. The average molecular weight is 241 g/mol. The fraction of sp³-hybridized carbons (Fsp3) is 0.417. The van der Waals surface area contributed by atoms with Gasteiger partial charge in [0.05, 0.1) is 5.56 Å². The van der Waals surface area contributed by atoms with Crippen LogP contribution in [0.2, 0.25) is 5.02 Å². The van der Waals surface area contributed by atoms with E-state index in [1.165, 1.54) is 0 Å². The molecule has 0 radical (unpaired) electrons. The van der Waals surface area contributed by atoms with Gasteiger partial charge >= 0.3 is 0 Å². The third-order valence-electron chi connectivity index (χ3n) is 2.60. The third kappa shape index (κ3) is 2.47. The van der Waals surface area contributed by atoms with Crippen LogP contribution < -0.4 is 5.32 Å². The lowest BCUT2D eigenvalue weighted by Gasteiger charge is -2.18. The quantitative estimate of drug-likeness (QED) is 0.881. The molecule has 3 nitrogen and oxygen atoms in total. The first-order valence-electron chi connectivity index (χ1n) is 5.24. The SMILES string of the molecule is CCN(C)C(=O)c1cc(Cl)cc(C)c1NC.